The second kappa shape index (κ2) is 7.06. The third kappa shape index (κ3) is 3.63. The first-order valence-electron chi connectivity index (χ1n) is 8.21. The average Bonchev–Trinajstić information content (AvgIpc) is 3.20. The van der Waals surface area contributed by atoms with E-state index in [0.717, 1.165) is 5.69 Å². The van der Waals surface area contributed by atoms with Gasteiger partial charge in [-0.25, -0.2) is 4.98 Å². The van der Waals surface area contributed by atoms with Crippen molar-refractivity contribution in [3.05, 3.63) is 30.0 Å². The minimum Gasteiger partial charge on any atom is -0.481 e. The number of hydrogen-bond acceptors (Lipinski definition) is 7. The maximum absolute atomic E-state index is 12.1. The monoisotopic (exact) mass is 359 g/mol. The van der Waals surface area contributed by atoms with E-state index in [4.69, 9.17) is 0 Å². The third-order valence-electron chi connectivity index (χ3n) is 4.45. The summed E-state index contributed by atoms with van der Waals surface area (Å²) in [4.78, 5) is 35.3. The summed E-state index contributed by atoms with van der Waals surface area (Å²) >= 11 is 0. The van der Waals surface area contributed by atoms with Crippen LogP contribution in [0.5, 0.6) is 0 Å². The molecule has 0 radical (unpaired) electrons. The number of nitrogens with zero attached hydrogens (tertiary/aromatic N) is 7. The number of aromatic nitrogens is 5. The van der Waals surface area contributed by atoms with Crippen LogP contribution in [0, 0.1) is 5.92 Å². The maximum Gasteiger partial charge on any atom is 0.303 e. The highest BCUT2D eigenvalue weighted by Crippen LogP contribution is 2.35. The molecule has 10 heteroatoms. The second-order valence-electron chi connectivity index (χ2n) is 6.65. The lowest BCUT2D eigenvalue weighted by molar-refractivity contribution is -0.138. The highest BCUT2D eigenvalue weighted by atomic mass is 16.4. The van der Waals surface area contributed by atoms with Crippen molar-refractivity contribution in [3.63, 3.8) is 0 Å². The largest absolute Gasteiger partial charge is 0.481 e. The van der Waals surface area contributed by atoms with Gasteiger partial charge in [0.1, 0.15) is 11.5 Å². The van der Waals surface area contributed by atoms with Crippen LogP contribution in [0.2, 0.25) is 0 Å². The summed E-state index contributed by atoms with van der Waals surface area (Å²) in [7, 11) is 5.08. The smallest absolute Gasteiger partial charge is 0.303 e. The normalized spacial score (nSPS) is 19.6. The van der Waals surface area contributed by atoms with E-state index in [1.54, 1.807) is 38.2 Å². The van der Waals surface area contributed by atoms with Gasteiger partial charge in [-0.15, -0.1) is 5.10 Å². The van der Waals surface area contributed by atoms with Gasteiger partial charge in [-0.1, -0.05) is 5.21 Å². The van der Waals surface area contributed by atoms with Crippen molar-refractivity contribution < 1.29 is 14.7 Å². The Morgan fingerprint density at radius 3 is 2.69 bits per heavy atom. The van der Waals surface area contributed by atoms with Gasteiger partial charge in [-0.3, -0.25) is 19.3 Å². The highest BCUT2D eigenvalue weighted by Gasteiger charge is 2.37. The number of rotatable bonds is 5. The molecule has 10 nitrogen and oxygen atoms in total. The number of aliphatic carboxylic acids is 1. The molecule has 2 aromatic rings. The minimum absolute atomic E-state index is 0.0293. The molecule has 0 aliphatic carbocycles. The third-order valence-corrected chi connectivity index (χ3v) is 4.45. The highest BCUT2D eigenvalue weighted by molar-refractivity contribution is 5.91. The molecule has 1 saturated heterocycles. The zero-order valence-electron chi connectivity index (χ0n) is 14.9. The molecule has 1 amide bonds. The Morgan fingerprint density at radius 1 is 1.31 bits per heavy atom. The van der Waals surface area contributed by atoms with E-state index < -0.39 is 5.97 Å². The SMILES string of the molecule is CN(C)C(=O)c1cncc(N2C[C@H](CC(=O)O)[C@H](c3cn(C)nn3)C2)n1. The number of aryl methyl sites for hydroxylation is 1. The summed E-state index contributed by atoms with van der Waals surface area (Å²) in [5, 5.41) is 17.3. The van der Waals surface area contributed by atoms with Gasteiger partial charge < -0.3 is 14.9 Å². The molecule has 1 fully saturated rings. The Morgan fingerprint density at radius 2 is 2.08 bits per heavy atom. The standard InChI is InChI=1S/C16H21N7O3/c1-21(2)16(26)12-5-17-6-14(18-12)23-7-10(4-15(24)25)11(8-23)13-9-22(3)20-19-13/h5-6,9-11H,4,7-8H2,1-3H3,(H,24,25)/t10-,11+/m0/s1. The molecule has 0 spiro atoms. The first-order chi connectivity index (χ1) is 12.3. The fraction of sp³-hybridized carbons (Fsp3) is 0.500. The van der Waals surface area contributed by atoms with Crippen molar-refractivity contribution in [2.24, 2.45) is 13.0 Å². The first-order valence-corrected chi connectivity index (χ1v) is 8.21. The molecule has 3 rings (SSSR count). The van der Waals surface area contributed by atoms with Crippen molar-refractivity contribution in [2.75, 3.05) is 32.1 Å². The Bertz CT molecular complexity index is 820. The fourth-order valence-corrected chi connectivity index (χ4v) is 3.20. The van der Waals surface area contributed by atoms with Crippen LogP contribution in [-0.4, -0.2) is 74.0 Å². The van der Waals surface area contributed by atoms with Crippen LogP contribution < -0.4 is 4.90 Å². The van der Waals surface area contributed by atoms with Crippen LogP contribution >= 0.6 is 0 Å². The van der Waals surface area contributed by atoms with Crippen molar-refractivity contribution >= 4 is 17.7 Å². The van der Waals surface area contributed by atoms with Crippen LogP contribution in [0.3, 0.4) is 0 Å². The van der Waals surface area contributed by atoms with E-state index in [9.17, 15) is 14.7 Å². The molecular formula is C16H21N7O3. The molecule has 0 aromatic carbocycles. The molecule has 1 N–H and O–H groups in total. The van der Waals surface area contributed by atoms with Crippen molar-refractivity contribution in [3.8, 4) is 0 Å². The van der Waals surface area contributed by atoms with E-state index >= 15 is 0 Å². The van der Waals surface area contributed by atoms with E-state index in [1.807, 2.05) is 4.90 Å². The summed E-state index contributed by atoms with van der Waals surface area (Å²) in [6.07, 6.45) is 4.85. The molecule has 0 saturated carbocycles. The lowest BCUT2D eigenvalue weighted by Gasteiger charge is -2.18. The second-order valence-corrected chi connectivity index (χ2v) is 6.65. The summed E-state index contributed by atoms with van der Waals surface area (Å²) in [6.45, 7) is 1.05. The summed E-state index contributed by atoms with van der Waals surface area (Å²) in [5.41, 5.74) is 1.01. The molecule has 26 heavy (non-hydrogen) atoms. The van der Waals surface area contributed by atoms with Crippen molar-refractivity contribution in [2.45, 2.75) is 12.3 Å². The average molecular weight is 359 g/mol. The first kappa shape index (κ1) is 17.8. The van der Waals surface area contributed by atoms with Gasteiger partial charge in [0.25, 0.3) is 5.91 Å². The number of carboxylic acid groups (broad SMARTS) is 1. The van der Waals surface area contributed by atoms with Gasteiger partial charge in [0, 0.05) is 46.3 Å². The molecule has 0 bridgehead atoms. The van der Waals surface area contributed by atoms with Crippen LogP contribution in [0.4, 0.5) is 5.82 Å². The number of carbonyl (C=O) groups excluding carboxylic acids is 1. The summed E-state index contributed by atoms with van der Waals surface area (Å²) < 4.78 is 1.60. The Hall–Kier alpha value is -3.04. The topological polar surface area (TPSA) is 117 Å². The van der Waals surface area contributed by atoms with Crippen molar-refractivity contribution in [1.29, 1.82) is 0 Å². The zero-order valence-corrected chi connectivity index (χ0v) is 14.9. The van der Waals surface area contributed by atoms with E-state index in [1.165, 1.54) is 11.1 Å². The molecule has 1 aliphatic rings. The van der Waals surface area contributed by atoms with Gasteiger partial charge in [0.05, 0.1) is 24.5 Å². The number of amides is 1. The molecule has 0 unspecified atom stereocenters. The van der Waals surface area contributed by atoms with Crippen LogP contribution in [-0.2, 0) is 11.8 Å². The van der Waals surface area contributed by atoms with E-state index in [0.29, 0.717) is 18.9 Å². The molecular weight excluding hydrogens is 338 g/mol. The van der Waals surface area contributed by atoms with Crippen LogP contribution in [0.1, 0.15) is 28.5 Å². The summed E-state index contributed by atoms with van der Waals surface area (Å²) in [5.74, 6) is -0.729. The van der Waals surface area contributed by atoms with Crippen LogP contribution in [0.25, 0.3) is 0 Å². The van der Waals surface area contributed by atoms with E-state index in [-0.39, 0.29) is 29.9 Å². The van der Waals surface area contributed by atoms with Gasteiger partial charge in [0.2, 0.25) is 0 Å². The van der Waals surface area contributed by atoms with E-state index in [2.05, 4.69) is 20.3 Å². The zero-order chi connectivity index (χ0) is 18.8. The maximum atomic E-state index is 12.1. The fourth-order valence-electron chi connectivity index (χ4n) is 3.20. The Balaban J connectivity index is 1.86. The number of carbonyl (C=O) groups is 2. The molecule has 1 aliphatic heterocycles. The predicted octanol–water partition coefficient (Wildman–Crippen LogP) is 0.00160. The predicted molar refractivity (Wildman–Crippen MR) is 91.7 cm³/mol. The number of anilines is 1. The van der Waals surface area contributed by atoms with Gasteiger partial charge in [0.15, 0.2) is 0 Å². The van der Waals surface area contributed by atoms with Gasteiger partial charge >= 0.3 is 5.97 Å². The number of hydrogen-bond donors (Lipinski definition) is 1. The minimum atomic E-state index is -0.853. The molecule has 2 aromatic heterocycles. The van der Waals surface area contributed by atoms with Crippen LogP contribution in [0.15, 0.2) is 18.6 Å². The quantitative estimate of drug-likeness (QED) is 0.793. The molecule has 2 atom stereocenters. The summed E-state index contributed by atoms with van der Waals surface area (Å²) in [6, 6.07) is 0. The number of carboxylic acids is 1. The lowest BCUT2D eigenvalue weighted by Crippen LogP contribution is -2.26. The van der Waals surface area contributed by atoms with Gasteiger partial charge in [-0.05, 0) is 5.92 Å². The van der Waals surface area contributed by atoms with Gasteiger partial charge in [-0.2, -0.15) is 0 Å². The molecule has 3 heterocycles. The molecule has 138 valence electrons. The lowest BCUT2D eigenvalue weighted by atomic mass is 9.91. The Labute approximate surface area is 150 Å². The van der Waals surface area contributed by atoms with Crippen molar-refractivity contribution in [1.82, 2.24) is 29.9 Å². The Kier molecular flexibility index (Phi) is 4.83.